The van der Waals surface area contributed by atoms with Crippen LogP contribution in [0, 0.1) is 0 Å². The van der Waals surface area contributed by atoms with E-state index >= 15 is 0 Å². The minimum Gasteiger partial charge on any atom is -0.497 e. The maximum absolute atomic E-state index is 13.8. The van der Waals surface area contributed by atoms with Gasteiger partial charge in [-0.05, 0) is 43.9 Å². The smallest absolute Gasteiger partial charge is 0.303 e. The van der Waals surface area contributed by atoms with E-state index in [4.69, 9.17) is 9.47 Å². The number of likely N-dealkylation sites (N-methyl/N-ethyl adjacent to an activating group) is 1. The van der Waals surface area contributed by atoms with Crippen molar-refractivity contribution in [1.82, 2.24) is 4.90 Å². The molecule has 0 aliphatic carbocycles. The molecule has 0 N–H and O–H groups in total. The highest BCUT2D eigenvalue weighted by molar-refractivity contribution is 6.07. The number of nitrogens with zero attached hydrogens (tertiary/aromatic N) is 3. The van der Waals surface area contributed by atoms with Gasteiger partial charge in [0.05, 0.1) is 18.5 Å². The summed E-state index contributed by atoms with van der Waals surface area (Å²) in [5, 5.41) is 0. The van der Waals surface area contributed by atoms with Crippen molar-refractivity contribution in [2.45, 2.75) is 26.0 Å². The van der Waals surface area contributed by atoms with Gasteiger partial charge in [0.25, 0.3) is 5.91 Å². The molecule has 0 spiro atoms. The Hall–Kier alpha value is -3.10. The molecule has 0 radical (unpaired) electrons. The number of halogens is 1. The fourth-order valence-corrected chi connectivity index (χ4v) is 3.90. The highest BCUT2D eigenvalue weighted by Gasteiger charge is 2.45. The van der Waals surface area contributed by atoms with E-state index in [0.717, 1.165) is 0 Å². The van der Waals surface area contributed by atoms with E-state index in [-0.39, 0.29) is 24.2 Å². The molecule has 2 amide bonds. The predicted molar refractivity (Wildman–Crippen MR) is 129 cm³/mol. The Bertz CT molecular complexity index is 996. The Morgan fingerprint density at radius 1 is 1.00 bits per heavy atom. The Balaban J connectivity index is 0.00000385. The molecule has 2 aromatic rings. The lowest BCUT2D eigenvalue weighted by Gasteiger charge is -2.33. The third-order valence-electron chi connectivity index (χ3n) is 5.37. The molecule has 0 saturated heterocycles. The highest BCUT2D eigenvalue weighted by Crippen LogP contribution is 2.42. The van der Waals surface area contributed by atoms with Gasteiger partial charge in [-0.3, -0.25) is 19.3 Å². The van der Waals surface area contributed by atoms with E-state index in [2.05, 4.69) is 0 Å². The monoisotopic (exact) mass is 475 g/mol. The Morgan fingerprint density at radius 2 is 1.61 bits per heavy atom. The molecule has 9 heteroatoms. The molecule has 0 bridgehead atoms. The first-order chi connectivity index (χ1) is 15.2. The van der Waals surface area contributed by atoms with Gasteiger partial charge in [-0.15, -0.1) is 12.4 Å². The van der Waals surface area contributed by atoms with Crippen LogP contribution in [0.15, 0.2) is 48.5 Å². The quantitative estimate of drug-likeness (QED) is 0.597. The number of amides is 2. The van der Waals surface area contributed by atoms with E-state index in [9.17, 15) is 14.4 Å². The molecule has 1 aliphatic rings. The first-order valence-corrected chi connectivity index (χ1v) is 10.4. The summed E-state index contributed by atoms with van der Waals surface area (Å²) in [5.74, 6) is -0.597. The van der Waals surface area contributed by atoms with Crippen LogP contribution in [0.1, 0.15) is 25.5 Å². The first kappa shape index (κ1) is 26.2. The summed E-state index contributed by atoms with van der Waals surface area (Å²) in [4.78, 5) is 43.9. The van der Waals surface area contributed by atoms with Crippen molar-refractivity contribution in [3.05, 3.63) is 54.1 Å². The molecule has 0 fully saturated rings. The number of methoxy groups -OCH3 is 1. The standard InChI is InChI=1S/C24H29N3O5.ClH/c1-16(28)27-21-9-7-6-8-20(21)26(15-14-25(3)4)24(30)23(32-17(2)29)22(27)18-10-12-19(31-5)13-11-18;/h6-13,22-23H,14-15H2,1-5H3;1H. The zero-order valence-corrected chi connectivity index (χ0v) is 20.3. The van der Waals surface area contributed by atoms with Crippen LogP contribution in [0.25, 0.3) is 0 Å². The number of ether oxygens (including phenoxy) is 2. The lowest BCUT2D eigenvalue weighted by molar-refractivity contribution is -0.154. The number of rotatable bonds is 6. The summed E-state index contributed by atoms with van der Waals surface area (Å²) < 4.78 is 10.8. The molecule has 2 atom stereocenters. The molecule has 1 aliphatic heterocycles. The lowest BCUT2D eigenvalue weighted by atomic mass is 9.98. The second-order valence-electron chi connectivity index (χ2n) is 7.92. The highest BCUT2D eigenvalue weighted by atomic mass is 35.5. The summed E-state index contributed by atoms with van der Waals surface area (Å²) in [6.45, 7) is 3.68. The van der Waals surface area contributed by atoms with E-state index in [1.54, 1.807) is 48.4 Å². The number of carbonyl (C=O) groups excluding carboxylic acids is 3. The largest absolute Gasteiger partial charge is 0.497 e. The third kappa shape index (κ3) is 5.64. The van der Waals surface area contributed by atoms with Crippen LogP contribution in [0.4, 0.5) is 11.4 Å². The van der Waals surface area contributed by atoms with Crippen LogP contribution >= 0.6 is 12.4 Å². The summed E-state index contributed by atoms with van der Waals surface area (Å²) >= 11 is 0. The second-order valence-corrected chi connectivity index (χ2v) is 7.92. The number of benzene rings is 2. The molecule has 178 valence electrons. The maximum Gasteiger partial charge on any atom is 0.303 e. The molecule has 2 aromatic carbocycles. The molecule has 33 heavy (non-hydrogen) atoms. The van der Waals surface area contributed by atoms with Crippen molar-refractivity contribution >= 4 is 41.6 Å². The Labute approximate surface area is 200 Å². The summed E-state index contributed by atoms with van der Waals surface area (Å²) in [7, 11) is 5.40. The molecule has 0 saturated carbocycles. The zero-order chi connectivity index (χ0) is 23.4. The number of carbonyl (C=O) groups is 3. The van der Waals surface area contributed by atoms with Gasteiger partial charge in [-0.2, -0.15) is 0 Å². The molecule has 3 rings (SSSR count). The normalized spacial score (nSPS) is 17.7. The number of hydrogen-bond acceptors (Lipinski definition) is 6. The molecule has 8 nitrogen and oxygen atoms in total. The summed E-state index contributed by atoms with van der Waals surface area (Å²) in [6.07, 6.45) is -1.21. The van der Waals surface area contributed by atoms with Gasteiger partial charge in [-0.1, -0.05) is 24.3 Å². The van der Waals surface area contributed by atoms with Gasteiger partial charge in [0.15, 0.2) is 0 Å². The van der Waals surface area contributed by atoms with E-state index in [1.165, 1.54) is 18.7 Å². The molecule has 2 unspecified atom stereocenters. The predicted octanol–water partition coefficient (Wildman–Crippen LogP) is 3.05. The van der Waals surface area contributed by atoms with Crippen molar-refractivity contribution in [3.8, 4) is 5.75 Å². The SMILES string of the molecule is COc1ccc(C2C(OC(C)=O)C(=O)N(CCN(C)C)c3ccccc3N2C(C)=O)cc1.Cl. The van der Waals surface area contributed by atoms with E-state index in [0.29, 0.717) is 35.8 Å². The number of esters is 1. The molecular formula is C24H30ClN3O5. The van der Waals surface area contributed by atoms with Crippen LogP contribution in [-0.2, 0) is 19.1 Å². The topological polar surface area (TPSA) is 79.4 Å². The van der Waals surface area contributed by atoms with Gasteiger partial charge >= 0.3 is 5.97 Å². The van der Waals surface area contributed by atoms with Crippen LogP contribution in [0.3, 0.4) is 0 Å². The minimum atomic E-state index is -1.21. The summed E-state index contributed by atoms with van der Waals surface area (Å²) in [6, 6.07) is 13.5. The number of hydrogen-bond donors (Lipinski definition) is 0. The van der Waals surface area contributed by atoms with Gasteiger partial charge in [0, 0.05) is 26.9 Å². The third-order valence-corrected chi connectivity index (χ3v) is 5.37. The van der Waals surface area contributed by atoms with Crippen molar-refractivity contribution in [2.75, 3.05) is 44.1 Å². The van der Waals surface area contributed by atoms with Crippen molar-refractivity contribution in [3.63, 3.8) is 0 Å². The number of para-hydroxylation sites is 2. The van der Waals surface area contributed by atoms with Crippen molar-refractivity contribution < 1.29 is 23.9 Å². The Kier molecular flexibility index (Phi) is 8.84. The van der Waals surface area contributed by atoms with Crippen molar-refractivity contribution in [1.29, 1.82) is 0 Å². The van der Waals surface area contributed by atoms with Crippen LogP contribution in [0.2, 0.25) is 0 Å². The molecule has 0 aromatic heterocycles. The van der Waals surface area contributed by atoms with Gasteiger partial charge in [-0.25, -0.2) is 0 Å². The number of anilines is 2. The molecule has 1 heterocycles. The van der Waals surface area contributed by atoms with E-state index in [1.807, 2.05) is 31.1 Å². The van der Waals surface area contributed by atoms with Crippen molar-refractivity contribution in [2.24, 2.45) is 0 Å². The Morgan fingerprint density at radius 3 is 2.12 bits per heavy atom. The average Bonchev–Trinajstić information content (AvgIpc) is 2.85. The maximum atomic E-state index is 13.8. The van der Waals surface area contributed by atoms with Crippen LogP contribution in [0.5, 0.6) is 5.75 Å². The van der Waals surface area contributed by atoms with Gasteiger partial charge in [0.2, 0.25) is 12.0 Å². The summed E-state index contributed by atoms with van der Waals surface area (Å²) in [5.41, 5.74) is 1.84. The van der Waals surface area contributed by atoms with Gasteiger partial charge < -0.3 is 19.3 Å². The first-order valence-electron chi connectivity index (χ1n) is 10.4. The second kappa shape index (κ2) is 11.2. The minimum absolute atomic E-state index is 0. The average molecular weight is 476 g/mol. The van der Waals surface area contributed by atoms with Gasteiger partial charge in [0.1, 0.15) is 11.8 Å². The van der Waals surface area contributed by atoms with Crippen LogP contribution in [-0.4, -0.2) is 63.1 Å². The fourth-order valence-electron chi connectivity index (χ4n) is 3.90. The van der Waals surface area contributed by atoms with E-state index < -0.39 is 18.1 Å². The number of fused-ring (bicyclic) bond motifs is 1. The fraction of sp³-hybridized carbons (Fsp3) is 0.375. The zero-order valence-electron chi connectivity index (χ0n) is 19.5. The van der Waals surface area contributed by atoms with Crippen LogP contribution < -0.4 is 14.5 Å². The lowest BCUT2D eigenvalue weighted by Crippen LogP contribution is -2.48. The molecular weight excluding hydrogens is 446 g/mol.